The van der Waals surface area contributed by atoms with E-state index in [1.807, 2.05) is 6.08 Å². The molecule has 1 N–H and O–H groups in total. The molecular formula is C22H18FN3O2. The summed E-state index contributed by atoms with van der Waals surface area (Å²) in [6.07, 6.45) is 9.95. The molecule has 0 fully saturated rings. The molecule has 5 nitrogen and oxygen atoms in total. The number of nitrogens with zero attached hydrogens (tertiary/aromatic N) is 2. The Morgan fingerprint density at radius 2 is 1.75 bits per heavy atom. The molecule has 2 aromatic carbocycles. The van der Waals surface area contributed by atoms with Crippen LogP contribution < -0.4 is 5.32 Å². The van der Waals surface area contributed by atoms with Crippen molar-refractivity contribution in [2.75, 3.05) is 5.32 Å². The molecule has 1 amide bonds. The van der Waals surface area contributed by atoms with E-state index < -0.39 is 0 Å². The molecule has 1 aromatic heterocycles. The van der Waals surface area contributed by atoms with Crippen LogP contribution in [-0.4, -0.2) is 21.2 Å². The van der Waals surface area contributed by atoms with Crippen LogP contribution in [0, 0.1) is 5.82 Å². The van der Waals surface area contributed by atoms with Gasteiger partial charge in [0, 0.05) is 30.7 Å². The molecule has 0 spiro atoms. The smallest absolute Gasteiger partial charge is 0.255 e. The van der Waals surface area contributed by atoms with Crippen LogP contribution in [0.2, 0.25) is 0 Å². The summed E-state index contributed by atoms with van der Waals surface area (Å²) in [7, 11) is 1.76. The summed E-state index contributed by atoms with van der Waals surface area (Å²) in [4.78, 5) is 28.2. The lowest BCUT2D eigenvalue weighted by Crippen LogP contribution is -2.11. The maximum atomic E-state index is 12.9. The van der Waals surface area contributed by atoms with Gasteiger partial charge < -0.3 is 9.88 Å². The Kier molecular flexibility index (Phi) is 5.91. The molecule has 0 aliphatic rings. The molecule has 0 radical (unpaired) electrons. The lowest BCUT2D eigenvalue weighted by Gasteiger charge is -2.05. The number of benzene rings is 2. The van der Waals surface area contributed by atoms with Gasteiger partial charge in [-0.05, 0) is 48.0 Å². The number of carbonyl (C=O) groups excluding carboxylic acids is 2. The van der Waals surface area contributed by atoms with Crippen LogP contribution in [0.5, 0.6) is 0 Å². The molecule has 140 valence electrons. The fourth-order valence-electron chi connectivity index (χ4n) is 2.47. The van der Waals surface area contributed by atoms with E-state index in [4.69, 9.17) is 0 Å². The van der Waals surface area contributed by atoms with Gasteiger partial charge in [-0.25, -0.2) is 9.37 Å². The summed E-state index contributed by atoms with van der Waals surface area (Å²) >= 11 is 0. The minimum atomic E-state index is -0.357. The second-order valence-corrected chi connectivity index (χ2v) is 6.03. The Balaban J connectivity index is 1.57. The molecule has 1 heterocycles. The van der Waals surface area contributed by atoms with E-state index in [0.717, 1.165) is 5.56 Å². The molecule has 0 aliphatic heterocycles. The number of aryl methyl sites for hydroxylation is 1. The molecule has 0 saturated heterocycles. The zero-order valence-corrected chi connectivity index (χ0v) is 15.2. The first kappa shape index (κ1) is 19.0. The van der Waals surface area contributed by atoms with Gasteiger partial charge in [-0.1, -0.05) is 30.4 Å². The monoisotopic (exact) mass is 375 g/mol. The number of nitrogens with one attached hydrogen (secondary N) is 1. The first-order valence-corrected chi connectivity index (χ1v) is 8.56. The van der Waals surface area contributed by atoms with E-state index >= 15 is 0 Å². The Morgan fingerprint density at radius 1 is 1.04 bits per heavy atom. The van der Waals surface area contributed by atoms with E-state index in [0.29, 0.717) is 17.1 Å². The number of amides is 1. The van der Waals surface area contributed by atoms with Crippen LogP contribution in [0.25, 0.3) is 6.08 Å². The van der Waals surface area contributed by atoms with Gasteiger partial charge in [0.2, 0.25) is 5.78 Å². The summed E-state index contributed by atoms with van der Waals surface area (Å²) in [5.41, 5.74) is 1.90. The number of allylic oxidation sites excluding steroid dienone is 3. The van der Waals surface area contributed by atoms with E-state index in [1.165, 1.54) is 30.3 Å². The largest absolute Gasteiger partial charge is 0.331 e. The molecule has 3 rings (SSSR count). The van der Waals surface area contributed by atoms with Crippen LogP contribution in [0.15, 0.2) is 79.2 Å². The number of hydrogen-bond acceptors (Lipinski definition) is 3. The topological polar surface area (TPSA) is 64.0 Å². The molecular weight excluding hydrogens is 357 g/mol. The van der Waals surface area contributed by atoms with Crippen molar-refractivity contribution in [3.8, 4) is 0 Å². The first-order chi connectivity index (χ1) is 13.5. The average molecular weight is 375 g/mol. The van der Waals surface area contributed by atoms with Gasteiger partial charge in [-0.15, -0.1) is 0 Å². The molecule has 0 aliphatic carbocycles. The van der Waals surface area contributed by atoms with E-state index in [-0.39, 0.29) is 17.5 Å². The van der Waals surface area contributed by atoms with Crippen LogP contribution in [0.3, 0.4) is 0 Å². The molecule has 28 heavy (non-hydrogen) atoms. The molecule has 0 unspecified atom stereocenters. The zero-order valence-electron chi connectivity index (χ0n) is 15.2. The molecule has 3 aromatic rings. The number of hydrogen-bond donors (Lipinski definition) is 1. The lowest BCUT2D eigenvalue weighted by atomic mass is 10.1. The third kappa shape index (κ3) is 4.88. The number of rotatable bonds is 6. The summed E-state index contributed by atoms with van der Waals surface area (Å²) in [6, 6.07) is 12.6. The number of imidazole rings is 1. The highest BCUT2D eigenvalue weighted by atomic mass is 19.1. The standard InChI is InChI=1S/C22H18FN3O2/c1-26-15-14-24-21(26)20(27)5-3-2-4-16-6-8-17(9-7-16)22(28)25-19-12-10-18(23)11-13-19/h2-15H,1H3,(H,25,28)/b4-2+,5-3+. The maximum absolute atomic E-state index is 12.9. The number of carbonyl (C=O) groups is 2. The van der Waals surface area contributed by atoms with Crippen molar-refractivity contribution in [3.05, 3.63) is 102 Å². The predicted molar refractivity (Wildman–Crippen MR) is 107 cm³/mol. The van der Waals surface area contributed by atoms with Gasteiger partial charge in [0.15, 0.2) is 5.82 Å². The number of ketones is 1. The molecule has 0 saturated carbocycles. The summed E-state index contributed by atoms with van der Waals surface area (Å²) < 4.78 is 14.6. The second kappa shape index (κ2) is 8.73. The van der Waals surface area contributed by atoms with Gasteiger partial charge in [-0.3, -0.25) is 9.59 Å². The highest BCUT2D eigenvalue weighted by Gasteiger charge is 2.06. The Labute approximate surface area is 161 Å². The number of halogens is 1. The minimum Gasteiger partial charge on any atom is -0.331 e. The van der Waals surface area contributed by atoms with Crippen molar-refractivity contribution in [3.63, 3.8) is 0 Å². The van der Waals surface area contributed by atoms with Crippen molar-refractivity contribution in [1.29, 1.82) is 0 Å². The van der Waals surface area contributed by atoms with Gasteiger partial charge >= 0.3 is 0 Å². The van der Waals surface area contributed by atoms with Crippen molar-refractivity contribution in [1.82, 2.24) is 9.55 Å². The Bertz CT molecular complexity index is 1030. The highest BCUT2D eigenvalue weighted by Crippen LogP contribution is 2.12. The van der Waals surface area contributed by atoms with Crippen molar-refractivity contribution in [2.45, 2.75) is 0 Å². The quantitative estimate of drug-likeness (QED) is 0.398. The van der Waals surface area contributed by atoms with Crippen molar-refractivity contribution < 1.29 is 14.0 Å². The zero-order chi connectivity index (χ0) is 19.9. The van der Waals surface area contributed by atoms with Crippen LogP contribution in [0.1, 0.15) is 26.5 Å². The average Bonchev–Trinajstić information content (AvgIpc) is 3.13. The highest BCUT2D eigenvalue weighted by molar-refractivity contribution is 6.04. The molecule has 0 bridgehead atoms. The number of anilines is 1. The van der Waals surface area contributed by atoms with E-state index in [9.17, 15) is 14.0 Å². The molecule has 0 atom stereocenters. The van der Waals surface area contributed by atoms with E-state index in [1.54, 1.807) is 60.4 Å². The fraction of sp³-hybridized carbons (Fsp3) is 0.0455. The van der Waals surface area contributed by atoms with Gasteiger partial charge in [0.1, 0.15) is 5.82 Å². The van der Waals surface area contributed by atoms with Crippen molar-refractivity contribution in [2.24, 2.45) is 7.05 Å². The normalized spacial score (nSPS) is 11.2. The number of aromatic nitrogens is 2. The third-order valence-corrected chi connectivity index (χ3v) is 3.96. The Hall–Kier alpha value is -3.80. The fourth-order valence-corrected chi connectivity index (χ4v) is 2.47. The van der Waals surface area contributed by atoms with Gasteiger partial charge in [-0.2, -0.15) is 0 Å². The predicted octanol–water partition coefficient (Wildman–Crippen LogP) is 4.26. The summed E-state index contributed by atoms with van der Waals surface area (Å²) in [6.45, 7) is 0. The van der Waals surface area contributed by atoms with Crippen LogP contribution >= 0.6 is 0 Å². The summed E-state index contributed by atoms with van der Waals surface area (Å²) in [5, 5.41) is 2.71. The van der Waals surface area contributed by atoms with Crippen LogP contribution in [0.4, 0.5) is 10.1 Å². The first-order valence-electron chi connectivity index (χ1n) is 8.56. The Morgan fingerprint density at radius 3 is 2.39 bits per heavy atom. The minimum absolute atomic E-state index is 0.176. The maximum Gasteiger partial charge on any atom is 0.255 e. The van der Waals surface area contributed by atoms with Crippen molar-refractivity contribution >= 4 is 23.5 Å². The van der Waals surface area contributed by atoms with E-state index in [2.05, 4.69) is 10.3 Å². The van der Waals surface area contributed by atoms with Gasteiger partial charge in [0.05, 0.1) is 0 Å². The van der Waals surface area contributed by atoms with Crippen LogP contribution in [-0.2, 0) is 7.05 Å². The molecule has 6 heteroatoms. The summed E-state index contributed by atoms with van der Waals surface area (Å²) in [5.74, 6) is -0.432. The third-order valence-electron chi connectivity index (χ3n) is 3.96. The second-order valence-electron chi connectivity index (χ2n) is 6.03. The van der Waals surface area contributed by atoms with Gasteiger partial charge in [0.25, 0.3) is 5.91 Å². The SMILES string of the molecule is Cn1ccnc1C(=O)/C=C/C=C/c1ccc(C(=O)Nc2ccc(F)cc2)cc1. The lowest BCUT2D eigenvalue weighted by molar-refractivity contribution is 0.102.